The second-order valence-corrected chi connectivity index (χ2v) is 3.52. The Labute approximate surface area is 109 Å². The fourth-order valence-electron chi connectivity index (χ4n) is 0.915. The molecule has 0 spiro atoms. The van der Waals surface area contributed by atoms with Crippen molar-refractivity contribution in [1.29, 1.82) is 0 Å². The van der Waals surface area contributed by atoms with E-state index in [0.29, 0.717) is 0 Å². The molecule has 0 saturated heterocycles. The number of carbonyl (C=O) groups excluding carboxylic acids is 3. The molecule has 110 valence electrons. The summed E-state index contributed by atoms with van der Waals surface area (Å²) in [4.78, 5) is 32.6. The van der Waals surface area contributed by atoms with Crippen molar-refractivity contribution in [3.05, 3.63) is 0 Å². The van der Waals surface area contributed by atoms with Crippen LogP contribution in [0.25, 0.3) is 0 Å². The zero-order valence-electron chi connectivity index (χ0n) is 11.2. The van der Waals surface area contributed by atoms with Gasteiger partial charge in [-0.15, -0.1) is 0 Å². The van der Waals surface area contributed by atoms with Crippen LogP contribution in [-0.2, 0) is 19.1 Å². The van der Waals surface area contributed by atoms with Crippen LogP contribution in [0.2, 0.25) is 0 Å². The van der Waals surface area contributed by atoms with E-state index in [1.807, 2.05) is 0 Å². The zero-order valence-corrected chi connectivity index (χ0v) is 10.2. The first-order chi connectivity index (χ1) is 9.20. The van der Waals surface area contributed by atoms with Gasteiger partial charge in [0.05, 0.1) is 12.5 Å². The van der Waals surface area contributed by atoms with Crippen LogP contribution in [0.15, 0.2) is 0 Å². The second-order valence-electron chi connectivity index (χ2n) is 3.52. The van der Waals surface area contributed by atoms with Crippen LogP contribution in [0.3, 0.4) is 0 Å². The van der Waals surface area contributed by atoms with Gasteiger partial charge in [-0.2, -0.15) is 13.2 Å². The van der Waals surface area contributed by atoms with Crippen LogP contribution in [-0.4, -0.2) is 43.7 Å². The van der Waals surface area contributed by atoms with Crippen molar-refractivity contribution in [2.75, 3.05) is 13.7 Å². The molecule has 0 radical (unpaired) electrons. The summed E-state index contributed by atoms with van der Waals surface area (Å²) in [5.41, 5.74) is 0. The van der Waals surface area contributed by atoms with Gasteiger partial charge in [-0.05, 0) is 6.90 Å². The first kappa shape index (κ1) is 15.3. The number of halogens is 3. The van der Waals surface area contributed by atoms with Gasteiger partial charge < -0.3 is 15.4 Å². The molecule has 19 heavy (non-hydrogen) atoms. The van der Waals surface area contributed by atoms with Crippen LogP contribution in [0.5, 0.6) is 0 Å². The van der Waals surface area contributed by atoms with Crippen molar-refractivity contribution in [1.82, 2.24) is 10.6 Å². The van der Waals surface area contributed by atoms with Crippen LogP contribution in [0.1, 0.15) is 21.1 Å². The SMILES string of the molecule is [2H]C[C@@H](COC(=O)CCC(=O)NC)NC(=O)C(F)(F)F. The molecule has 0 aliphatic carbocycles. The van der Waals surface area contributed by atoms with Gasteiger partial charge in [-0.1, -0.05) is 0 Å². The molecule has 0 aromatic carbocycles. The van der Waals surface area contributed by atoms with Crippen LogP contribution in [0, 0.1) is 0 Å². The van der Waals surface area contributed by atoms with Gasteiger partial charge >= 0.3 is 18.1 Å². The van der Waals surface area contributed by atoms with Gasteiger partial charge in [0, 0.05) is 14.8 Å². The summed E-state index contributed by atoms with van der Waals surface area (Å²) in [6.07, 6.45) is -5.41. The summed E-state index contributed by atoms with van der Waals surface area (Å²) in [5, 5.41) is 3.81. The number of rotatable bonds is 6. The van der Waals surface area contributed by atoms with Crippen molar-refractivity contribution in [2.45, 2.75) is 32.0 Å². The van der Waals surface area contributed by atoms with Crippen LogP contribution in [0.4, 0.5) is 13.2 Å². The molecule has 0 bridgehead atoms. The summed E-state index contributed by atoms with van der Waals surface area (Å²) >= 11 is 0. The molecule has 9 heteroatoms. The lowest BCUT2D eigenvalue weighted by Gasteiger charge is -2.15. The first-order valence-electron chi connectivity index (χ1n) is 5.94. The standard InChI is InChI=1S/C10H15F3N2O4/c1-6(15-9(18)10(11,12)13)5-19-8(17)4-3-7(16)14-2/h6H,3-5H2,1-2H3,(H,14,16)(H,15,18)/t6-/m0/s1/i1D. The molecule has 0 aromatic rings. The Balaban J connectivity index is 4.10. The van der Waals surface area contributed by atoms with E-state index in [4.69, 9.17) is 1.37 Å². The molecule has 2 amide bonds. The summed E-state index contributed by atoms with van der Waals surface area (Å²) in [5.74, 6) is -3.38. The molecular weight excluding hydrogens is 269 g/mol. The van der Waals surface area contributed by atoms with E-state index in [0.717, 1.165) is 0 Å². The summed E-state index contributed by atoms with van der Waals surface area (Å²) in [7, 11) is 1.39. The number of hydrogen-bond donors (Lipinski definition) is 2. The molecule has 0 saturated carbocycles. The maximum Gasteiger partial charge on any atom is 0.471 e. The Bertz CT molecular complexity index is 363. The van der Waals surface area contributed by atoms with Crippen molar-refractivity contribution in [3.63, 3.8) is 0 Å². The minimum absolute atomic E-state index is 0.115. The van der Waals surface area contributed by atoms with E-state index in [2.05, 4.69) is 10.1 Å². The number of nitrogens with one attached hydrogen (secondary N) is 2. The van der Waals surface area contributed by atoms with Gasteiger partial charge in [-0.25, -0.2) is 0 Å². The highest BCUT2D eigenvalue weighted by molar-refractivity contribution is 5.82. The monoisotopic (exact) mass is 285 g/mol. The molecular formula is C10H15F3N2O4. The topological polar surface area (TPSA) is 84.5 Å². The molecule has 0 fully saturated rings. The largest absolute Gasteiger partial charge is 0.471 e. The fraction of sp³-hybridized carbons (Fsp3) is 0.700. The lowest BCUT2D eigenvalue weighted by atomic mass is 10.3. The number of alkyl halides is 3. The maximum atomic E-state index is 12.0. The van der Waals surface area contributed by atoms with Crippen molar-refractivity contribution in [3.8, 4) is 0 Å². The molecule has 2 N–H and O–H groups in total. The van der Waals surface area contributed by atoms with Crippen molar-refractivity contribution < 1.29 is 33.7 Å². The quantitative estimate of drug-likeness (QED) is 0.679. The minimum Gasteiger partial charge on any atom is -0.463 e. The maximum absolute atomic E-state index is 12.0. The molecule has 6 nitrogen and oxygen atoms in total. The van der Waals surface area contributed by atoms with E-state index >= 15 is 0 Å². The van der Waals surface area contributed by atoms with E-state index in [9.17, 15) is 27.6 Å². The predicted molar refractivity (Wildman–Crippen MR) is 57.9 cm³/mol. The smallest absolute Gasteiger partial charge is 0.463 e. The van der Waals surface area contributed by atoms with Gasteiger partial charge in [0.25, 0.3) is 0 Å². The van der Waals surface area contributed by atoms with E-state index < -0.39 is 37.6 Å². The molecule has 0 heterocycles. The number of amides is 2. The van der Waals surface area contributed by atoms with Crippen LogP contribution >= 0.6 is 0 Å². The number of esters is 1. The highest BCUT2D eigenvalue weighted by Crippen LogP contribution is 2.14. The lowest BCUT2D eigenvalue weighted by molar-refractivity contribution is -0.174. The molecule has 1 atom stereocenters. The highest BCUT2D eigenvalue weighted by Gasteiger charge is 2.39. The number of ether oxygens (including phenoxy) is 1. The van der Waals surface area contributed by atoms with Crippen molar-refractivity contribution in [2.24, 2.45) is 0 Å². The Morgan fingerprint density at radius 2 is 1.95 bits per heavy atom. The average molecular weight is 285 g/mol. The molecule has 0 aromatic heterocycles. The highest BCUT2D eigenvalue weighted by atomic mass is 19.4. The third-order valence-corrected chi connectivity index (χ3v) is 1.87. The fourth-order valence-corrected chi connectivity index (χ4v) is 0.915. The van der Waals surface area contributed by atoms with Gasteiger partial charge in [-0.3, -0.25) is 14.4 Å². The normalized spacial score (nSPS) is 13.2. The summed E-state index contributed by atoms with van der Waals surface area (Å²) in [6, 6.07) is -1.26. The van der Waals surface area contributed by atoms with Gasteiger partial charge in [0.15, 0.2) is 0 Å². The predicted octanol–water partition coefficient (Wildman–Crippen LogP) is 0.123. The molecule has 0 aliphatic heterocycles. The Hall–Kier alpha value is -1.80. The average Bonchev–Trinajstić information content (AvgIpc) is 2.38. The lowest BCUT2D eigenvalue weighted by Crippen LogP contribution is -2.44. The third-order valence-electron chi connectivity index (χ3n) is 1.87. The van der Waals surface area contributed by atoms with Gasteiger partial charge in [0.1, 0.15) is 6.61 Å². The minimum atomic E-state index is -5.06. The summed E-state index contributed by atoms with van der Waals surface area (Å²) in [6.45, 7) is -1.14. The first-order valence-corrected chi connectivity index (χ1v) is 5.23. The van der Waals surface area contributed by atoms with E-state index in [1.165, 1.54) is 12.4 Å². The number of hydrogen-bond acceptors (Lipinski definition) is 4. The Morgan fingerprint density at radius 1 is 1.32 bits per heavy atom. The molecule has 0 unspecified atom stereocenters. The molecule has 0 aliphatic rings. The molecule has 0 rings (SSSR count). The van der Waals surface area contributed by atoms with Crippen LogP contribution < -0.4 is 10.6 Å². The zero-order chi connectivity index (χ0) is 15.8. The summed E-state index contributed by atoms with van der Waals surface area (Å²) < 4.78 is 47.5. The van der Waals surface area contributed by atoms with Gasteiger partial charge in [0.2, 0.25) is 5.91 Å². The number of carbonyl (C=O) groups is 3. The second kappa shape index (κ2) is 7.59. The van der Waals surface area contributed by atoms with E-state index in [-0.39, 0.29) is 18.7 Å². The Kier molecular flexibility index (Phi) is 6.10. The third kappa shape index (κ3) is 8.01. The Morgan fingerprint density at radius 3 is 2.42 bits per heavy atom. The van der Waals surface area contributed by atoms with Crippen molar-refractivity contribution >= 4 is 17.8 Å². The van der Waals surface area contributed by atoms with E-state index in [1.54, 1.807) is 0 Å².